The summed E-state index contributed by atoms with van der Waals surface area (Å²) < 4.78 is 15.4. The number of fused-ring (bicyclic) bond motifs is 10. The van der Waals surface area contributed by atoms with E-state index >= 15 is 0 Å². The molecule has 0 saturated carbocycles. The summed E-state index contributed by atoms with van der Waals surface area (Å²) in [5.41, 5.74) is 14.0. The Balaban J connectivity index is 0.965. The number of aromatic nitrogens is 1. The smallest absolute Gasteiger partial charge is 0.143 e. The van der Waals surface area contributed by atoms with Crippen LogP contribution in [0.15, 0.2) is 197 Å². The Hall–Kier alpha value is -7.36. The van der Waals surface area contributed by atoms with Crippen molar-refractivity contribution in [3.8, 4) is 39.1 Å². The Morgan fingerprint density at radius 3 is 1.73 bits per heavy atom. The van der Waals surface area contributed by atoms with Crippen molar-refractivity contribution in [1.82, 2.24) is 4.57 Å². The summed E-state index contributed by atoms with van der Waals surface area (Å²) in [7, 11) is 0. The number of rotatable bonds is 4. The van der Waals surface area contributed by atoms with Gasteiger partial charge in [0.1, 0.15) is 22.3 Å². The molecule has 9 aromatic carbocycles. The van der Waals surface area contributed by atoms with Crippen molar-refractivity contribution in [3.63, 3.8) is 0 Å². The number of hydrogen-bond donors (Lipinski definition) is 0. The zero-order chi connectivity index (χ0) is 36.0. The van der Waals surface area contributed by atoms with Crippen LogP contribution in [0.3, 0.4) is 0 Å². The first-order chi connectivity index (χ1) is 27.3. The molecule has 256 valence electrons. The molecule has 0 aliphatic rings. The Bertz CT molecular complexity index is 3480. The molecule has 0 spiro atoms. The molecule has 0 fully saturated rings. The number of nitrogens with zero attached hydrogens (tertiary/aromatic N) is 1. The van der Waals surface area contributed by atoms with Crippen LogP contribution in [0.4, 0.5) is 0 Å². The Labute approximate surface area is 315 Å². The molecule has 0 bridgehead atoms. The monoisotopic (exact) mass is 701 g/mol. The molecule has 0 unspecified atom stereocenters. The highest BCUT2D eigenvalue weighted by molar-refractivity contribution is 6.15. The van der Waals surface area contributed by atoms with Gasteiger partial charge in [-0.25, -0.2) is 0 Å². The van der Waals surface area contributed by atoms with Crippen molar-refractivity contribution >= 4 is 76.5 Å². The molecule has 0 amide bonds. The van der Waals surface area contributed by atoms with Crippen LogP contribution >= 0.6 is 0 Å². The molecule has 3 aromatic heterocycles. The third-order valence-corrected chi connectivity index (χ3v) is 11.4. The average molecular weight is 702 g/mol. The maximum Gasteiger partial charge on any atom is 0.143 e. The molecule has 3 nitrogen and oxygen atoms in total. The van der Waals surface area contributed by atoms with E-state index in [-0.39, 0.29) is 0 Å². The molecule has 3 heterocycles. The fraction of sp³-hybridized carbons (Fsp3) is 0. The maximum atomic E-state index is 6.87. The second-order valence-electron chi connectivity index (χ2n) is 14.4. The Kier molecular flexibility index (Phi) is 6.34. The van der Waals surface area contributed by atoms with Gasteiger partial charge in [0.25, 0.3) is 0 Å². The lowest BCUT2D eigenvalue weighted by Gasteiger charge is -2.10. The van der Waals surface area contributed by atoms with Crippen molar-refractivity contribution in [2.45, 2.75) is 0 Å². The first-order valence-electron chi connectivity index (χ1n) is 18.7. The van der Waals surface area contributed by atoms with E-state index in [1.165, 1.54) is 49.3 Å². The van der Waals surface area contributed by atoms with Crippen LogP contribution in [0.5, 0.6) is 0 Å². The highest BCUT2D eigenvalue weighted by Crippen LogP contribution is 2.42. The van der Waals surface area contributed by atoms with Gasteiger partial charge in [0.05, 0.1) is 11.0 Å². The summed E-state index contributed by atoms with van der Waals surface area (Å²) in [6, 6.07) is 67.2. The molecule has 55 heavy (non-hydrogen) atoms. The molecule has 3 heteroatoms. The Morgan fingerprint density at radius 1 is 0.309 bits per heavy atom. The van der Waals surface area contributed by atoms with Crippen molar-refractivity contribution < 1.29 is 8.83 Å². The molecule has 12 rings (SSSR count). The lowest BCUT2D eigenvalue weighted by Crippen LogP contribution is -1.93. The molecule has 0 saturated heterocycles. The topological polar surface area (TPSA) is 31.2 Å². The minimum atomic E-state index is 0.906. The summed E-state index contributed by atoms with van der Waals surface area (Å²) in [5.74, 6) is 0. The molecule has 0 aliphatic heterocycles. The molecule has 0 atom stereocenters. The van der Waals surface area contributed by atoms with Gasteiger partial charge in [-0.2, -0.15) is 0 Å². The third-order valence-electron chi connectivity index (χ3n) is 11.4. The van der Waals surface area contributed by atoms with E-state index in [9.17, 15) is 0 Å². The lowest BCUT2D eigenvalue weighted by molar-refractivity contribution is 0.669. The van der Waals surface area contributed by atoms with E-state index in [0.717, 1.165) is 66.3 Å². The zero-order valence-corrected chi connectivity index (χ0v) is 29.7. The number of furan rings is 2. The first-order valence-corrected chi connectivity index (χ1v) is 18.7. The SMILES string of the molecule is c1ccc2c(-c3cccc4c3oc3c(-c5ccc(-n6c7ccccc7c7cc(-c8ccc9oc%10ccccc%10c9c8)ccc76)cc5)cccc34)cccc2c1. The average Bonchev–Trinajstić information content (AvgIpc) is 3.93. The predicted octanol–water partition coefficient (Wildman–Crippen LogP) is 14.7. The van der Waals surface area contributed by atoms with Crippen LogP contribution < -0.4 is 0 Å². The van der Waals surface area contributed by atoms with Crippen molar-refractivity contribution in [2.24, 2.45) is 0 Å². The number of para-hydroxylation sites is 4. The predicted molar refractivity (Wildman–Crippen MR) is 229 cm³/mol. The second-order valence-corrected chi connectivity index (χ2v) is 14.4. The second kappa shape index (κ2) is 11.6. The van der Waals surface area contributed by atoms with E-state index in [1.807, 2.05) is 12.1 Å². The summed E-state index contributed by atoms with van der Waals surface area (Å²) in [6.45, 7) is 0. The van der Waals surface area contributed by atoms with Crippen LogP contribution in [-0.4, -0.2) is 4.57 Å². The Morgan fingerprint density at radius 2 is 0.873 bits per heavy atom. The minimum absolute atomic E-state index is 0.906. The van der Waals surface area contributed by atoms with Crippen LogP contribution in [0.1, 0.15) is 0 Å². The normalized spacial score (nSPS) is 12.0. The quantitative estimate of drug-likeness (QED) is 0.183. The molecule has 0 aliphatic carbocycles. The zero-order valence-electron chi connectivity index (χ0n) is 29.7. The van der Waals surface area contributed by atoms with Gasteiger partial charge in [-0.3, -0.25) is 0 Å². The van der Waals surface area contributed by atoms with Gasteiger partial charge in [0.15, 0.2) is 0 Å². The third kappa shape index (κ3) is 4.50. The first kappa shape index (κ1) is 30.1. The number of hydrogen-bond acceptors (Lipinski definition) is 2. The van der Waals surface area contributed by atoms with Gasteiger partial charge in [-0.15, -0.1) is 0 Å². The summed E-state index contributed by atoms with van der Waals surface area (Å²) >= 11 is 0. The summed E-state index contributed by atoms with van der Waals surface area (Å²) in [5, 5.41) is 9.43. The minimum Gasteiger partial charge on any atom is -0.456 e. The molecular formula is C52H31NO2. The van der Waals surface area contributed by atoms with Gasteiger partial charge in [0, 0.05) is 49.1 Å². The van der Waals surface area contributed by atoms with Gasteiger partial charge in [-0.05, 0) is 81.6 Å². The van der Waals surface area contributed by atoms with E-state index < -0.39 is 0 Å². The van der Waals surface area contributed by atoms with Crippen LogP contribution in [0.2, 0.25) is 0 Å². The van der Waals surface area contributed by atoms with Crippen molar-refractivity contribution in [3.05, 3.63) is 188 Å². The lowest BCUT2D eigenvalue weighted by atomic mass is 9.96. The highest BCUT2D eigenvalue weighted by Gasteiger charge is 2.18. The molecule has 0 radical (unpaired) electrons. The molecular weight excluding hydrogens is 671 g/mol. The molecule has 12 aromatic rings. The van der Waals surface area contributed by atoms with Gasteiger partial charge in [0.2, 0.25) is 0 Å². The van der Waals surface area contributed by atoms with Crippen LogP contribution in [0.25, 0.3) is 116 Å². The van der Waals surface area contributed by atoms with Crippen LogP contribution in [0, 0.1) is 0 Å². The van der Waals surface area contributed by atoms with E-state index in [1.54, 1.807) is 0 Å². The fourth-order valence-corrected chi connectivity index (χ4v) is 8.85. The largest absolute Gasteiger partial charge is 0.456 e. The maximum absolute atomic E-state index is 6.87. The van der Waals surface area contributed by atoms with Gasteiger partial charge in [-0.1, -0.05) is 140 Å². The summed E-state index contributed by atoms with van der Waals surface area (Å²) in [6.07, 6.45) is 0. The van der Waals surface area contributed by atoms with Crippen molar-refractivity contribution in [2.75, 3.05) is 0 Å². The standard InChI is InChI=1S/C52H31NO2/c1-2-12-37-32(10-1)11-7-16-39(37)42-17-9-19-44-43-18-8-15-38(51(43)55-52(42)44)33-22-26-36(27-23-33)53-47-20-5-3-13-40(47)45-30-34(24-28-48(45)53)35-25-29-50-46(31-35)41-14-4-6-21-49(41)54-50/h1-31H. The summed E-state index contributed by atoms with van der Waals surface area (Å²) in [4.78, 5) is 0. The number of benzene rings is 9. The van der Waals surface area contributed by atoms with Crippen LogP contribution in [-0.2, 0) is 0 Å². The fourth-order valence-electron chi connectivity index (χ4n) is 8.85. The van der Waals surface area contributed by atoms with E-state index in [0.29, 0.717) is 0 Å². The van der Waals surface area contributed by atoms with Gasteiger partial charge < -0.3 is 13.4 Å². The van der Waals surface area contributed by atoms with Crippen molar-refractivity contribution in [1.29, 1.82) is 0 Å². The van der Waals surface area contributed by atoms with E-state index in [2.05, 4.69) is 180 Å². The van der Waals surface area contributed by atoms with Gasteiger partial charge >= 0.3 is 0 Å². The highest BCUT2D eigenvalue weighted by atomic mass is 16.3. The van der Waals surface area contributed by atoms with E-state index in [4.69, 9.17) is 8.83 Å². The molecule has 0 N–H and O–H groups in total.